The molecule has 2 aromatic rings. The van der Waals surface area contributed by atoms with Gasteiger partial charge in [0.15, 0.2) is 0 Å². The quantitative estimate of drug-likeness (QED) is 0.323. The van der Waals surface area contributed by atoms with Crippen molar-refractivity contribution in [3.8, 4) is 0 Å². The Morgan fingerprint density at radius 1 is 1.11 bits per heavy atom. The van der Waals surface area contributed by atoms with Crippen LogP contribution >= 0.6 is 11.6 Å². The van der Waals surface area contributed by atoms with Crippen LogP contribution in [0.1, 0.15) is 16.8 Å². The monoisotopic (exact) mass is 393 g/mol. The highest BCUT2D eigenvalue weighted by molar-refractivity contribution is 6.29. The van der Waals surface area contributed by atoms with E-state index >= 15 is 0 Å². The summed E-state index contributed by atoms with van der Waals surface area (Å²) in [5.74, 6) is -1.36. The smallest absolute Gasteiger partial charge is 0.269 e. The molecule has 0 aromatic heterocycles. The molecule has 0 fully saturated rings. The van der Waals surface area contributed by atoms with Gasteiger partial charge in [-0.2, -0.15) is 0 Å². The molecule has 0 atom stereocenters. The number of non-ortho nitro benzene ring substituents is 1. The summed E-state index contributed by atoms with van der Waals surface area (Å²) in [7, 11) is 0. The SMILES string of the molecule is O=C(NCCCN(C(=O)CCl)c1ccc([N+](=O)[O-])cc1)c1ccc(F)cc1. The molecule has 0 unspecified atom stereocenters. The van der Waals surface area contributed by atoms with Gasteiger partial charge >= 0.3 is 0 Å². The Hall–Kier alpha value is -3.00. The maximum atomic E-state index is 12.9. The highest BCUT2D eigenvalue weighted by Gasteiger charge is 2.16. The summed E-state index contributed by atoms with van der Waals surface area (Å²) in [6, 6.07) is 10.7. The summed E-state index contributed by atoms with van der Waals surface area (Å²) in [6.45, 7) is 0.558. The van der Waals surface area contributed by atoms with Gasteiger partial charge in [0.1, 0.15) is 11.7 Å². The van der Waals surface area contributed by atoms with Crippen molar-refractivity contribution in [3.63, 3.8) is 0 Å². The number of nitrogens with one attached hydrogen (secondary N) is 1. The van der Waals surface area contributed by atoms with Gasteiger partial charge in [0, 0.05) is 36.5 Å². The molecule has 0 aliphatic carbocycles. The third-order valence-corrected chi connectivity index (χ3v) is 3.97. The molecule has 142 valence electrons. The molecule has 27 heavy (non-hydrogen) atoms. The first-order valence-corrected chi connectivity index (χ1v) is 8.60. The molecule has 2 amide bonds. The standard InChI is InChI=1S/C18H17ClFN3O4/c19-12-17(24)22(15-6-8-16(9-7-15)23(26)27)11-1-10-21-18(25)13-2-4-14(20)5-3-13/h2-9H,1,10-12H2,(H,21,25). The fraction of sp³-hybridized carbons (Fsp3) is 0.222. The zero-order valence-corrected chi connectivity index (χ0v) is 15.0. The Morgan fingerprint density at radius 3 is 2.30 bits per heavy atom. The minimum atomic E-state index is -0.525. The van der Waals surface area contributed by atoms with Gasteiger partial charge in [-0.15, -0.1) is 11.6 Å². The van der Waals surface area contributed by atoms with Gasteiger partial charge in [0.2, 0.25) is 5.91 Å². The van der Waals surface area contributed by atoms with E-state index < -0.39 is 10.7 Å². The van der Waals surface area contributed by atoms with Crippen molar-refractivity contribution in [2.45, 2.75) is 6.42 Å². The number of rotatable bonds is 8. The highest BCUT2D eigenvalue weighted by Crippen LogP contribution is 2.20. The third kappa shape index (κ3) is 5.75. The van der Waals surface area contributed by atoms with Gasteiger partial charge in [-0.25, -0.2) is 4.39 Å². The first-order chi connectivity index (χ1) is 12.9. The lowest BCUT2D eigenvalue weighted by Gasteiger charge is -2.22. The third-order valence-electron chi connectivity index (χ3n) is 3.74. The maximum absolute atomic E-state index is 12.9. The highest BCUT2D eigenvalue weighted by atomic mass is 35.5. The molecule has 0 radical (unpaired) electrons. The van der Waals surface area contributed by atoms with Crippen molar-refractivity contribution in [2.75, 3.05) is 23.9 Å². The Bertz CT molecular complexity index is 812. The Labute approximate surface area is 159 Å². The molecule has 7 nitrogen and oxygen atoms in total. The second kappa shape index (κ2) is 9.63. The lowest BCUT2D eigenvalue weighted by Crippen LogP contribution is -2.35. The van der Waals surface area contributed by atoms with Crippen LogP contribution in [-0.4, -0.2) is 35.7 Å². The van der Waals surface area contributed by atoms with Gasteiger partial charge in [-0.1, -0.05) is 0 Å². The van der Waals surface area contributed by atoms with Crippen molar-refractivity contribution in [1.82, 2.24) is 5.32 Å². The van der Waals surface area contributed by atoms with Crippen LogP contribution < -0.4 is 10.2 Å². The molecule has 0 saturated heterocycles. The number of amides is 2. The maximum Gasteiger partial charge on any atom is 0.269 e. The van der Waals surface area contributed by atoms with E-state index in [1.165, 1.54) is 53.4 Å². The van der Waals surface area contributed by atoms with Crippen LogP contribution in [0, 0.1) is 15.9 Å². The molecule has 0 aliphatic heterocycles. The number of anilines is 1. The fourth-order valence-electron chi connectivity index (χ4n) is 2.37. The van der Waals surface area contributed by atoms with Crippen molar-refractivity contribution in [2.24, 2.45) is 0 Å². The van der Waals surface area contributed by atoms with Crippen LogP contribution in [0.2, 0.25) is 0 Å². The largest absolute Gasteiger partial charge is 0.352 e. The van der Waals surface area contributed by atoms with Crippen molar-refractivity contribution < 1.29 is 18.9 Å². The van der Waals surface area contributed by atoms with Crippen LogP contribution in [-0.2, 0) is 4.79 Å². The second-order valence-corrected chi connectivity index (χ2v) is 5.84. The molecule has 9 heteroatoms. The molecule has 0 aliphatic rings. The molecule has 0 heterocycles. The zero-order valence-electron chi connectivity index (χ0n) is 14.2. The average molecular weight is 394 g/mol. The Balaban J connectivity index is 1.92. The van der Waals surface area contributed by atoms with Gasteiger partial charge in [-0.3, -0.25) is 19.7 Å². The Morgan fingerprint density at radius 2 is 1.74 bits per heavy atom. The molecular formula is C18H17ClFN3O4. The molecule has 1 N–H and O–H groups in total. The molecule has 2 aromatic carbocycles. The van der Waals surface area contributed by atoms with Gasteiger partial charge < -0.3 is 10.2 Å². The zero-order chi connectivity index (χ0) is 19.8. The number of alkyl halides is 1. The number of carbonyl (C=O) groups is 2. The Kier molecular flexibility index (Phi) is 7.25. The lowest BCUT2D eigenvalue weighted by atomic mass is 10.2. The number of carbonyl (C=O) groups excluding carboxylic acids is 2. The van der Waals surface area contributed by atoms with E-state index in [1.54, 1.807) is 0 Å². The number of nitrogens with zero attached hydrogens (tertiary/aromatic N) is 2. The van der Waals surface area contributed by atoms with Crippen LogP contribution in [0.25, 0.3) is 0 Å². The number of halogens is 2. The molecular weight excluding hydrogens is 377 g/mol. The number of hydrogen-bond acceptors (Lipinski definition) is 4. The van der Waals surface area contributed by atoms with Crippen LogP contribution in [0.3, 0.4) is 0 Å². The van der Waals surface area contributed by atoms with E-state index in [9.17, 15) is 24.1 Å². The van der Waals surface area contributed by atoms with Gasteiger partial charge in [0.25, 0.3) is 11.6 Å². The predicted octanol–water partition coefficient (Wildman–Crippen LogP) is 3.13. The summed E-state index contributed by atoms with van der Waals surface area (Å²) in [5.41, 5.74) is 0.736. The minimum absolute atomic E-state index is 0.0800. The number of nitro groups is 1. The van der Waals surface area contributed by atoms with E-state index in [0.717, 1.165) is 0 Å². The van der Waals surface area contributed by atoms with Crippen LogP contribution in [0.4, 0.5) is 15.8 Å². The van der Waals surface area contributed by atoms with Crippen molar-refractivity contribution in [3.05, 3.63) is 70.0 Å². The lowest BCUT2D eigenvalue weighted by molar-refractivity contribution is -0.384. The van der Waals surface area contributed by atoms with Crippen molar-refractivity contribution >= 4 is 34.8 Å². The minimum Gasteiger partial charge on any atom is -0.352 e. The van der Waals surface area contributed by atoms with Crippen LogP contribution in [0.15, 0.2) is 48.5 Å². The summed E-state index contributed by atoms with van der Waals surface area (Å²) < 4.78 is 12.9. The first-order valence-electron chi connectivity index (χ1n) is 8.07. The van der Waals surface area contributed by atoms with E-state index in [4.69, 9.17) is 11.6 Å². The summed E-state index contributed by atoms with van der Waals surface area (Å²) in [6.07, 6.45) is 0.437. The normalized spacial score (nSPS) is 10.3. The number of hydrogen-bond donors (Lipinski definition) is 1. The van der Waals surface area contributed by atoms with Gasteiger partial charge in [-0.05, 0) is 42.8 Å². The van der Waals surface area contributed by atoms with E-state index in [2.05, 4.69) is 5.32 Å². The average Bonchev–Trinajstić information content (AvgIpc) is 2.68. The van der Waals surface area contributed by atoms with E-state index in [-0.39, 0.29) is 36.5 Å². The second-order valence-electron chi connectivity index (χ2n) is 5.57. The van der Waals surface area contributed by atoms with Gasteiger partial charge in [0.05, 0.1) is 4.92 Å². The first kappa shape index (κ1) is 20.3. The summed E-state index contributed by atoms with van der Waals surface area (Å²) in [5, 5.41) is 13.4. The molecule has 0 spiro atoms. The summed E-state index contributed by atoms with van der Waals surface area (Å²) >= 11 is 5.63. The van der Waals surface area contributed by atoms with Crippen molar-refractivity contribution in [1.29, 1.82) is 0 Å². The van der Waals surface area contributed by atoms with E-state index in [1.807, 2.05) is 0 Å². The molecule has 2 rings (SSSR count). The molecule has 0 saturated carbocycles. The number of benzene rings is 2. The number of nitro benzene ring substituents is 1. The predicted molar refractivity (Wildman–Crippen MR) is 99.5 cm³/mol. The van der Waals surface area contributed by atoms with E-state index in [0.29, 0.717) is 17.7 Å². The molecule has 0 bridgehead atoms. The summed E-state index contributed by atoms with van der Waals surface area (Å²) in [4.78, 5) is 35.6. The fourth-order valence-corrected chi connectivity index (χ4v) is 2.51. The van der Waals surface area contributed by atoms with Crippen LogP contribution in [0.5, 0.6) is 0 Å². The topological polar surface area (TPSA) is 92.6 Å².